The fourth-order valence-corrected chi connectivity index (χ4v) is 1.02. The summed E-state index contributed by atoms with van der Waals surface area (Å²) in [5.41, 5.74) is 0.862. The Hall–Kier alpha value is -0.760. The maximum absolute atomic E-state index is 8.73. The summed E-state index contributed by atoms with van der Waals surface area (Å²) in [4.78, 5) is 0. The van der Waals surface area contributed by atoms with E-state index in [1.54, 1.807) is 6.26 Å². The van der Waals surface area contributed by atoms with Crippen LogP contribution in [0.3, 0.4) is 0 Å². The molecule has 0 bridgehead atoms. The summed E-state index contributed by atoms with van der Waals surface area (Å²) < 4.78 is 5.21. The lowest BCUT2D eigenvalue weighted by Crippen LogP contribution is -1.91. The van der Waals surface area contributed by atoms with Gasteiger partial charge in [-0.2, -0.15) is 0 Å². The molecule has 0 aromatic carbocycles. The average molecular weight is 154 g/mol. The number of furan rings is 1. The largest absolute Gasteiger partial charge is 0.469 e. The van der Waals surface area contributed by atoms with E-state index in [-0.39, 0.29) is 6.61 Å². The molecule has 1 aromatic heterocycles. The molecule has 0 amide bonds. The van der Waals surface area contributed by atoms with Gasteiger partial charge in [-0.05, 0) is 12.0 Å². The summed E-state index contributed by atoms with van der Waals surface area (Å²) in [6.07, 6.45) is 2.55. The van der Waals surface area contributed by atoms with E-state index in [0.717, 1.165) is 17.7 Å². The van der Waals surface area contributed by atoms with Crippen LogP contribution in [0, 0.1) is 5.92 Å². The third-order valence-electron chi connectivity index (χ3n) is 1.50. The van der Waals surface area contributed by atoms with Gasteiger partial charge < -0.3 is 9.52 Å². The number of aliphatic hydroxyl groups excluding tert-OH is 1. The van der Waals surface area contributed by atoms with Crippen molar-refractivity contribution < 1.29 is 9.52 Å². The standard InChI is InChI=1S/C9H14O2/c1-7(2)3-9-4-8(5-10)6-11-9/h4,6-7,10H,3,5H2,1-2H3. The lowest BCUT2D eigenvalue weighted by Gasteiger charge is -1.98. The Morgan fingerprint density at radius 3 is 2.73 bits per heavy atom. The van der Waals surface area contributed by atoms with Gasteiger partial charge in [-0.3, -0.25) is 0 Å². The van der Waals surface area contributed by atoms with Crippen LogP contribution in [0.1, 0.15) is 25.2 Å². The average Bonchev–Trinajstić information content (AvgIpc) is 2.34. The van der Waals surface area contributed by atoms with Crippen molar-refractivity contribution in [2.24, 2.45) is 5.92 Å². The minimum atomic E-state index is 0.0710. The second-order valence-electron chi connectivity index (χ2n) is 3.18. The zero-order valence-electron chi connectivity index (χ0n) is 7.00. The normalized spacial score (nSPS) is 10.9. The second kappa shape index (κ2) is 3.58. The van der Waals surface area contributed by atoms with Gasteiger partial charge in [-0.25, -0.2) is 0 Å². The van der Waals surface area contributed by atoms with Crippen LogP contribution in [0.2, 0.25) is 0 Å². The van der Waals surface area contributed by atoms with Gasteiger partial charge in [0.1, 0.15) is 5.76 Å². The zero-order chi connectivity index (χ0) is 8.27. The Balaban J connectivity index is 2.58. The monoisotopic (exact) mass is 154 g/mol. The molecule has 1 aromatic rings. The molecule has 0 saturated heterocycles. The molecule has 0 aliphatic carbocycles. The lowest BCUT2D eigenvalue weighted by molar-refractivity contribution is 0.280. The van der Waals surface area contributed by atoms with Crippen LogP contribution >= 0.6 is 0 Å². The van der Waals surface area contributed by atoms with E-state index in [1.165, 1.54) is 0 Å². The van der Waals surface area contributed by atoms with Gasteiger partial charge in [-0.1, -0.05) is 13.8 Å². The predicted molar refractivity (Wildman–Crippen MR) is 43.2 cm³/mol. The summed E-state index contributed by atoms with van der Waals surface area (Å²) in [5, 5.41) is 8.73. The number of hydrogen-bond donors (Lipinski definition) is 1. The summed E-state index contributed by atoms with van der Waals surface area (Å²) in [6.45, 7) is 4.35. The van der Waals surface area contributed by atoms with Crippen molar-refractivity contribution in [3.63, 3.8) is 0 Å². The van der Waals surface area contributed by atoms with Crippen LogP contribution in [0.5, 0.6) is 0 Å². The maximum atomic E-state index is 8.73. The molecule has 0 saturated carbocycles. The fraction of sp³-hybridized carbons (Fsp3) is 0.556. The van der Waals surface area contributed by atoms with E-state index in [9.17, 15) is 0 Å². The first-order valence-electron chi connectivity index (χ1n) is 3.89. The zero-order valence-corrected chi connectivity index (χ0v) is 7.00. The highest BCUT2D eigenvalue weighted by Crippen LogP contribution is 2.11. The molecule has 11 heavy (non-hydrogen) atoms. The van der Waals surface area contributed by atoms with Crippen molar-refractivity contribution >= 4 is 0 Å². The molecule has 0 atom stereocenters. The second-order valence-corrected chi connectivity index (χ2v) is 3.18. The van der Waals surface area contributed by atoms with Crippen LogP contribution in [-0.2, 0) is 13.0 Å². The summed E-state index contributed by atoms with van der Waals surface area (Å²) in [6, 6.07) is 1.90. The molecule has 2 nitrogen and oxygen atoms in total. The van der Waals surface area contributed by atoms with Crippen molar-refractivity contribution in [1.29, 1.82) is 0 Å². The van der Waals surface area contributed by atoms with E-state index in [2.05, 4.69) is 13.8 Å². The van der Waals surface area contributed by atoms with Crippen molar-refractivity contribution in [2.75, 3.05) is 0 Å². The Morgan fingerprint density at radius 1 is 1.55 bits per heavy atom. The SMILES string of the molecule is CC(C)Cc1cc(CO)co1. The van der Waals surface area contributed by atoms with Gasteiger partial charge in [0.15, 0.2) is 0 Å². The number of rotatable bonds is 3. The first-order valence-corrected chi connectivity index (χ1v) is 3.89. The molecule has 0 radical (unpaired) electrons. The Bertz CT molecular complexity index is 213. The molecule has 0 aliphatic heterocycles. The predicted octanol–water partition coefficient (Wildman–Crippen LogP) is 1.97. The van der Waals surface area contributed by atoms with Crippen LogP contribution < -0.4 is 0 Å². The number of hydrogen-bond acceptors (Lipinski definition) is 2. The topological polar surface area (TPSA) is 33.4 Å². The third-order valence-corrected chi connectivity index (χ3v) is 1.50. The van der Waals surface area contributed by atoms with Crippen molar-refractivity contribution in [2.45, 2.75) is 26.9 Å². The molecule has 1 heterocycles. The van der Waals surface area contributed by atoms with Crippen molar-refractivity contribution in [3.8, 4) is 0 Å². The molecule has 0 unspecified atom stereocenters. The van der Waals surface area contributed by atoms with E-state index in [4.69, 9.17) is 9.52 Å². The summed E-state index contributed by atoms with van der Waals surface area (Å²) in [5.74, 6) is 1.57. The highest BCUT2D eigenvalue weighted by Gasteiger charge is 2.02. The van der Waals surface area contributed by atoms with Gasteiger partial charge in [0, 0.05) is 12.0 Å². The third kappa shape index (κ3) is 2.39. The van der Waals surface area contributed by atoms with Gasteiger partial charge in [0.25, 0.3) is 0 Å². The Morgan fingerprint density at radius 2 is 2.27 bits per heavy atom. The first kappa shape index (κ1) is 8.34. The highest BCUT2D eigenvalue weighted by molar-refractivity contribution is 5.11. The van der Waals surface area contributed by atoms with Crippen molar-refractivity contribution in [3.05, 3.63) is 23.7 Å². The van der Waals surface area contributed by atoms with E-state index in [1.807, 2.05) is 6.07 Å². The quantitative estimate of drug-likeness (QED) is 0.722. The van der Waals surface area contributed by atoms with Crippen LogP contribution in [0.15, 0.2) is 16.7 Å². The summed E-state index contributed by atoms with van der Waals surface area (Å²) in [7, 11) is 0. The fourth-order valence-electron chi connectivity index (χ4n) is 1.02. The number of aliphatic hydroxyl groups is 1. The molecule has 0 aliphatic rings. The van der Waals surface area contributed by atoms with Crippen LogP contribution in [0.25, 0.3) is 0 Å². The molecule has 0 spiro atoms. The maximum Gasteiger partial charge on any atom is 0.104 e. The molecular formula is C9H14O2. The molecule has 1 N–H and O–H groups in total. The minimum absolute atomic E-state index is 0.0710. The van der Waals surface area contributed by atoms with Gasteiger partial charge in [0.05, 0.1) is 12.9 Å². The molecule has 1 rings (SSSR count). The van der Waals surface area contributed by atoms with Gasteiger partial charge in [-0.15, -0.1) is 0 Å². The van der Waals surface area contributed by atoms with Gasteiger partial charge >= 0.3 is 0 Å². The van der Waals surface area contributed by atoms with Crippen LogP contribution in [-0.4, -0.2) is 5.11 Å². The van der Waals surface area contributed by atoms with Crippen LogP contribution in [0.4, 0.5) is 0 Å². The summed E-state index contributed by atoms with van der Waals surface area (Å²) >= 11 is 0. The lowest BCUT2D eigenvalue weighted by atomic mass is 10.1. The Labute approximate surface area is 66.8 Å². The van der Waals surface area contributed by atoms with E-state index >= 15 is 0 Å². The smallest absolute Gasteiger partial charge is 0.104 e. The molecule has 62 valence electrons. The first-order chi connectivity index (χ1) is 5.22. The van der Waals surface area contributed by atoms with Crippen molar-refractivity contribution in [1.82, 2.24) is 0 Å². The minimum Gasteiger partial charge on any atom is -0.469 e. The van der Waals surface area contributed by atoms with E-state index < -0.39 is 0 Å². The highest BCUT2D eigenvalue weighted by atomic mass is 16.3. The van der Waals surface area contributed by atoms with Gasteiger partial charge in [0.2, 0.25) is 0 Å². The molecule has 2 heteroatoms. The van der Waals surface area contributed by atoms with E-state index in [0.29, 0.717) is 5.92 Å². The molecular weight excluding hydrogens is 140 g/mol. The molecule has 0 fully saturated rings. The Kier molecular flexibility index (Phi) is 2.71.